The number of carbonyl (C=O) groups is 1. The van der Waals surface area contributed by atoms with Crippen LogP contribution in [0.25, 0.3) is 21.7 Å². The van der Waals surface area contributed by atoms with E-state index in [4.69, 9.17) is 4.98 Å². The number of aromatic nitrogens is 2. The van der Waals surface area contributed by atoms with Crippen molar-refractivity contribution in [3.05, 3.63) is 70.6 Å². The third kappa shape index (κ3) is 4.41. The van der Waals surface area contributed by atoms with Gasteiger partial charge < -0.3 is 9.88 Å². The summed E-state index contributed by atoms with van der Waals surface area (Å²) in [5, 5.41) is 5.36. The van der Waals surface area contributed by atoms with Crippen LogP contribution in [-0.2, 0) is 4.79 Å². The summed E-state index contributed by atoms with van der Waals surface area (Å²) in [5.41, 5.74) is 6.16. The molecule has 31 heavy (non-hydrogen) atoms. The topological polar surface area (TPSA) is 46.9 Å². The number of anilines is 1. The van der Waals surface area contributed by atoms with Gasteiger partial charge in [-0.05, 0) is 79.5 Å². The number of amides is 1. The Morgan fingerprint density at radius 3 is 2.55 bits per heavy atom. The number of thiophene rings is 1. The minimum atomic E-state index is -0.351. The van der Waals surface area contributed by atoms with Crippen molar-refractivity contribution >= 4 is 45.7 Å². The van der Waals surface area contributed by atoms with Crippen LogP contribution in [0, 0.1) is 20.8 Å². The van der Waals surface area contributed by atoms with E-state index in [9.17, 15) is 4.79 Å². The summed E-state index contributed by atoms with van der Waals surface area (Å²) in [6.07, 6.45) is 2.81. The predicted octanol–water partition coefficient (Wildman–Crippen LogP) is 6.62. The average molecular weight is 450 g/mol. The number of rotatable bonds is 7. The highest BCUT2D eigenvalue weighted by molar-refractivity contribution is 7.98. The fraction of sp³-hybridized carbons (Fsp3) is 0.280. The molecular formula is C25H27N3OS2. The normalized spacial score (nSPS) is 12.3. The number of benzene rings is 2. The van der Waals surface area contributed by atoms with Gasteiger partial charge in [0.1, 0.15) is 6.04 Å². The predicted molar refractivity (Wildman–Crippen MR) is 134 cm³/mol. The number of carbonyl (C=O) groups excluding carboxylic acids is 1. The average Bonchev–Trinajstić information content (AvgIpc) is 3.35. The van der Waals surface area contributed by atoms with Crippen molar-refractivity contribution in [2.24, 2.45) is 0 Å². The highest BCUT2D eigenvalue weighted by atomic mass is 32.2. The van der Waals surface area contributed by atoms with Gasteiger partial charge in [-0.1, -0.05) is 30.3 Å². The molecule has 0 aliphatic carbocycles. The van der Waals surface area contributed by atoms with Gasteiger partial charge in [0.15, 0.2) is 5.82 Å². The molecule has 6 heteroatoms. The van der Waals surface area contributed by atoms with Gasteiger partial charge in [-0.25, -0.2) is 4.98 Å². The van der Waals surface area contributed by atoms with Crippen LogP contribution in [0.5, 0.6) is 0 Å². The van der Waals surface area contributed by atoms with Gasteiger partial charge in [0.25, 0.3) is 0 Å². The SMILES string of the molecule is CSCCC(C(=O)Nc1c(C)cccc1C)n1c(-c2cc(C)cs2)nc2ccccc21. The first kappa shape index (κ1) is 21.7. The van der Waals surface area contributed by atoms with Crippen LogP contribution in [0.3, 0.4) is 0 Å². The molecule has 0 bridgehead atoms. The van der Waals surface area contributed by atoms with Gasteiger partial charge in [0.05, 0.1) is 15.9 Å². The minimum absolute atomic E-state index is 0.00383. The van der Waals surface area contributed by atoms with Gasteiger partial charge in [-0.3, -0.25) is 4.79 Å². The molecule has 4 aromatic rings. The van der Waals surface area contributed by atoms with E-state index < -0.39 is 0 Å². The van der Waals surface area contributed by atoms with Crippen LogP contribution < -0.4 is 5.32 Å². The van der Waals surface area contributed by atoms with E-state index in [1.807, 2.05) is 50.2 Å². The lowest BCUT2D eigenvalue weighted by molar-refractivity contribution is -0.119. The summed E-state index contributed by atoms with van der Waals surface area (Å²) in [5.74, 6) is 1.76. The van der Waals surface area contributed by atoms with Crippen LogP contribution in [0.4, 0.5) is 5.69 Å². The molecule has 2 aromatic carbocycles. The lowest BCUT2D eigenvalue weighted by Gasteiger charge is -2.22. The van der Waals surface area contributed by atoms with Crippen molar-refractivity contribution in [3.63, 3.8) is 0 Å². The zero-order chi connectivity index (χ0) is 22.0. The quantitative estimate of drug-likeness (QED) is 0.345. The second kappa shape index (κ2) is 9.28. The highest BCUT2D eigenvalue weighted by Gasteiger charge is 2.27. The van der Waals surface area contributed by atoms with Gasteiger partial charge in [0.2, 0.25) is 5.91 Å². The Kier molecular flexibility index (Phi) is 6.49. The molecule has 0 fully saturated rings. The van der Waals surface area contributed by atoms with Crippen molar-refractivity contribution in [2.75, 3.05) is 17.3 Å². The number of hydrogen-bond donors (Lipinski definition) is 1. The van der Waals surface area contributed by atoms with Crippen LogP contribution in [0.2, 0.25) is 0 Å². The molecule has 1 N–H and O–H groups in total. The van der Waals surface area contributed by atoms with Gasteiger partial charge in [-0.15, -0.1) is 11.3 Å². The van der Waals surface area contributed by atoms with Gasteiger partial charge in [0, 0.05) is 5.69 Å². The van der Waals surface area contributed by atoms with Crippen molar-refractivity contribution in [3.8, 4) is 10.7 Å². The Bertz CT molecular complexity index is 1200. The molecule has 4 rings (SSSR count). The van der Waals surface area contributed by atoms with Crippen LogP contribution in [-0.4, -0.2) is 27.5 Å². The maximum absolute atomic E-state index is 13.7. The van der Waals surface area contributed by atoms with Crippen molar-refractivity contribution in [2.45, 2.75) is 33.2 Å². The minimum Gasteiger partial charge on any atom is -0.324 e. The summed E-state index contributed by atoms with van der Waals surface area (Å²) in [4.78, 5) is 19.7. The molecule has 0 aliphatic heterocycles. The molecular weight excluding hydrogens is 422 g/mol. The lowest BCUT2D eigenvalue weighted by atomic mass is 10.1. The summed E-state index contributed by atoms with van der Waals surface area (Å²) in [6.45, 7) is 6.16. The van der Waals surface area contributed by atoms with Crippen molar-refractivity contribution < 1.29 is 4.79 Å². The number of nitrogens with zero attached hydrogens (tertiary/aromatic N) is 2. The largest absolute Gasteiger partial charge is 0.324 e. The number of hydrogen-bond acceptors (Lipinski definition) is 4. The Morgan fingerprint density at radius 1 is 1.13 bits per heavy atom. The first-order valence-corrected chi connectivity index (χ1v) is 12.7. The molecule has 1 unspecified atom stereocenters. The van der Waals surface area contributed by atoms with Gasteiger partial charge >= 0.3 is 0 Å². The maximum Gasteiger partial charge on any atom is 0.247 e. The molecule has 0 aliphatic rings. The number of fused-ring (bicyclic) bond motifs is 1. The van der Waals surface area contributed by atoms with E-state index in [2.05, 4.69) is 40.6 Å². The number of aryl methyl sites for hydroxylation is 3. The molecule has 160 valence electrons. The number of thioether (sulfide) groups is 1. The third-order valence-corrected chi connectivity index (χ3v) is 7.17. The number of nitrogens with one attached hydrogen (secondary N) is 1. The van der Waals surface area contributed by atoms with Crippen molar-refractivity contribution in [1.29, 1.82) is 0 Å². The molecule has 2 heterocycles. The summed E-state index contributed by atoms with van der Waals surface area (Å²) in [7, 11) is 0. The summed E-state index contributed by atoms with van der Waals surface area (Å²) in [6, 6.07) is 16.0. The second-order valence-electron chi connectivity index (χ2n) is 7.84. The maximum atomic E-state index is 13.7. The summed E-state index contributed by atoms with van der Waals surface area (Å²) >= 11 is 3.43. The smallest absolute Gasteiger partial charge is 0.247 e. The van der Waals surface area contributed by atoms with Crippen LogP contribution in [0.1, 0.15) is 29.2 Å². The highest BCUT2D eigenvalue weighted by Crippen LogP contribution is 2.34. The molecule has 0 spiro atoms. The molecule has 0 radical (unpaired) electrons. The molecule has 1 atom stereocenters. The molecule has 0 saturated heterocycles. The molecule has 2 aromatic heterocycles. The van der Waals surface area contributed by atoms with E-state index in [-0.39, 0.29) is 11.9 Å². The standard InChI is InChI=1S/C25H27N3OS2/c1-16-14-22(31-15-16)24-26-19-10-5-6-11-20(19)28(24)21(12-13-30-4)25(29)27-23-17(2)8-7-9-18(23)3/h5-11,14-15,21H,12-13H2,1-4H3,(H,27,29). The number of para-hydroxylation sites is 3. The monoisotopic (exact) mass is 449 g/mol. The van der Waals surface area contributed by atoms with E-state index in [1.165, 1.54) is 5.56 Å². The summed E-state index contributed by atoms with van der Waals surface area (Å²) < 4.78 is 2.14. The van der Waals surface area contributed by atoms with Crippen LogP contribution in [0.15, 0.2) is 53.9 Å². The van der Waals surface area contributed by atoms with E-state index in [0.29, 0.717) is 0 Å². The van der Waals surface area contributed by atoms with Crippen LogP contribution >= 0.6 is 23.1 Å². The Labute approximate surface area is 191 Å². The number of imidazole rings is 1. The zero-order valence-electron chi connectivity index (χ0n) is 18.3. The Morgan fingerprint density at radius 2 is 1.87 bits per heavy atom. The third-order valence-electron chi connectivity index (χ3n) is 5.49. The van der Waals surface area contributed by atoms with E-state index >= 15 is 0 Å². The zero-order valence-corrected chi connectivity index (χ0v) is 19.9. The molecule has 1 amide bonds. The van der Waals surface area contributed by atoms with Gasteiger partial charge in [-0.2, -0.15) is 11.8 Å². The fourth-order valence-electron chi connectivity index (χ4n) is 3.91. The first-order chi connectivity index (χ1) is 15.0. The lowest BCUT2D eigenvalue weighted by Crippen LogP contribution is -2.27. The second-order valence-corrected chi connectivity index (χ2v) is 9.73. The Hall–Kier alpha value is -2.57. The Balaban J connectivity index is 1.83. The fourth-order valence-corrected chi connectivity index (χ4v) is 5.25. The van der Waals surface area contributed by atoms with E-state index in [1.54, 1.807) is 23.1 Å². The van der Waals surface area contributed by atoms with Crippen molar-refractivity contribution in [1.82, 2.24) is 9.55 Å². The first-order valence-electron chi connectivity index (χ1n) is 10.4. The molecule has 0 saturated carbocycles. The van der Waals surface area contributed by atoms with E-state index in [0.717, 1.165) is 50.7 Å². The molecule has 4 nitrogen and oxygen atoms in total.